The molecule has 1 fully saturated rings. The Morgan fingerprint density at radius 1 is 1.37 bits per heavy atom. The minimum atomic E-state index is -0.365. The Bertz CT molecular complexity index is 423. The summed E-state index contributed by atoms with van der Waals surface area (Å²) in [5.41, 5.74) is 2.41. The monoisotopic (exact) mass is 261 g/mol. The molecule has 0 spiro atoms. The van der Waals surface area contributed by atoms with E-state index >= 15 is 0 Å². The van der Waals surface area contributed by atoms with Crippen LogP contribution in [-0.4, -0.2) is 23.7 Å². The molecule has 0 radical (unpaired) electrons. The molecule has 0 bridgehead atoms. The van der Waals surface area contributed by atoms with E-state index in [1.165, 1.54) is 11.1 Å². The number of carbonyl (C=O) groups is 1. The SMILES string of the molecule is Cc1ccc(CC(C)C(=O)NCC(O)C2CC2)cc1. The molecule has 0 aromatic heterocycles. The van der Waals surface area contributed by atoms with Crippen LogP contribution in [0.1, 0.15) is 30.9 Å². The van der Waals surface area contributed by atoms with Crippen molar-refractivity contribution in [2.24, 2.45) is 11.8 Å². The Balaban J connectivity index is 1.76. The van der Waals surface area contributed by atoms with Crippen molar-refractivity contribution in [3.63, 3.8) is 0 Å². The van der Waals surface area contributed by atoms with Crippen LogP contribution in [0.5, 0.6) is 0 Å². The highest BCUT2D eigenvalue weighted by Gasteiger charge is 2.30. The molecule has 2 unspecified atom stereocenters. The van der Waals surface area contributed by atoms with E-state index in [4.69, 9.17) is 0 Å². The summed E-state index contributed by atoms with van der Waals surface area (Å²) in [5, 5.41) is 12.6. The predicted octanol–water partition coefficient (Wildman–Crippen LogP) is 2.06. The summed E-state index contributed by atoms with van der Waals surface area (Å²) in [7, 11) is 0. The quantitative estimate of drug-likeness (QED) is 0.823. The third-order valence-electron chi connectivity index (χ3n) is 3.76. The normalized spacial score (nSPS) is 17.8. The zero-order valence-corrected chi connectivity index (χ0v) is 11.7. The van der Waals surface area contributed by atoms with E-state index in [0.29, 0.717) is 12.5 Å². The summed E-state index contributed by atoms with van der Waals surface area (Å²) >= 11 is 0. The van der Waals surface area contributed by atoms with Gasteiger partial charge < -0.3 is 10.4 Å². The van der Waals surface area contributed by atoms with E-state index < -0.39 is 0 Å². The molecule has 2 rings (SSSR count). The van der Waals surface area contributed by atoms with Crippen molar-refractivity contribution in [2.45, 2.75) is 39.2 Å². The first-order valence-electron chi connectivity index (χ1n) is 7.07. The molecule has 0 saturated heterocycles. The van der Waals surface area contributed by atoms with Gasteiger partial charge in [0.05, 0.1) is 6.10 Å². The van der Waals surface area contributed by atoms with Gasteiger partial charge in [-0.15, -0.1) is 0 Å². The van der Waals surface area contributed by atoms with Crippen molar-refractivity contribution in [3.05, 3.63) is 35.4 Å². The molecule has 1 aromatic rings. The molecule has 1 aliphatic carbocycles. The van der Waals surface area contributed by atoms with Gasteiger partial charge in [-0.3, -0.25) is 4.79 Å². The van der Waals surface area contributed by atoms with Crippen LogP contribution >= 0.6 is 0 Å². The van der Waals surface area contributed by atoms with E-state index in [1.807, 2.05) is 6.92 Å². The predicted molar refractivity (Wildman–Crippen MR) is 75.8 cm³/mol. The fraction of sp³-hybridized carbons (Fsp3) is 0.562. The van der Waals surface area contributed by atoms with Crippen LogP contribution in [0, 0.1) is 18.8 Å². The maximum absolute atomic E-state index is 11.9. The second kappa shape index (κ2) is 6.20. The number of amides is 1. The number of rotatable bonds is 6. The highest BCUT2D eigenvalue weighted by Crippen LogP contribution is 2.32. The lowest BCUT2D eigenvalue weighted by Gasteiger charge is -2.15. The number of aliphatic hydroxyl groups is 1. The molecule has 1 saturated carbocycles. The van der Waals surface area contributed by atoms with Crippen molar-refractivity contribution in [3.8, 4) is 0 Å². The second-order valence-electron chi connectivity index (χ2n) is 5.74. The van der Waals surface area contributed by atoms with Crippen LogP contribution in [-0.2, 0) is 11.2 Å². The number of hydrogen-bond donors (Lipinski definition) is 2. The molecule has 3 heteroatoms. The van der Waals surface area contributed by atoms with Gasteiger partial charge in [-0.05, 0) is 37.7 Å². The summed E-state index contributed by atoms with van der Waals surface area (Å²) < 4.78 is 0. The lowest BCUT2D eigenvalue weighted by atomic mass is 9.99. The Morgan fingerprint density at radius 2 is 2.00 bits per heavy atom. The van der Waals surface area contributed by atoms with Crippen LogP contribution in [0.3, 0.4) is 0 Å². The van der Waals surface area contributed by atoms with Crippen molar-refractivity contribution in [1.82, 2.24) is 5.32 Å². The van der Waals surface area contributed by atoms with Gasteiger partial charge in [-0.25, -0.2) is 0 Å². The van der Waals surface area contributed by atoms with Crippen molar-refractivity contribution < 1.29 is 9.90 Å². The van der Waals surface area contributed by atoms with E-state index in [0.717, 1.165) is 19.3 Å². The number of aliphatic hydroxyl groups excluding tert-OH is 1. The Kier molecular flexibility index (Phi) is 4.59. The first-order valence-corrected chi connectivity index (χ1v) is 7.07. The molecule has 0 heterocycles. The van der Waals surface area contributed by atoms with Crippen LogP contribution in [0.4, 0.5) is 0 Å². The molecule has 1 aliphatic rings. The maximum Gasteiger partial charge on any atom is 0.223 e. The average Bonchev–Trinajstić information content (AvgIpc) is 3.22. The fourth-order valence-corrected chi connectivity index (χ4v) is 2.20. The summed E-state index contributed by atoms with van der Waals surface area (Å²) in [6.45, 7) is 4.37. The van der Waals surface area contributed by atoms with Gasteiger partial charge in [0.1, 0.15) is 0 Å². The lowest BCUT2D eigenvalue weighted by molar-refractivity contribution is -0.125. The Hall–Kier alpha value is -1.35. The molecule has 1 amide bonds. The van der Waals surface area contributed by atoms with Crippen molar-refractivity contribution >= 4 is 5.91 Å². The van der Waals surface area contributed by atoms with Crippen LogP contribution in [0.2, 0.25) is 0 Å². The number of nitrogens with one attached hydrogen (secondary N) is 1. The van der Waals surface area contributed by atoms with Gasteiger partial charge in [0.25, 0.3) is 0 Å². The molecule has 19 heavy (non-hydrogen) atoms. The number of benzene rings is 1. The first-order chi connectivity index (χ1) is 9.06. The first kappa shape index (κ1) is 14.1. The van der Waals surface area contributed by atoms with Crippen molar-refractivity contribution in [1.29, 1.82) is 0 Å². The molecule has 0 aliphatic heterocycles. The van der Waals surface area contributed by atoms with Gasteiger partial charge >= 0.3 is 0 Å². The molecular weight excluding hydrogens is 238 g/mol. The summed E-state index contributed by atoms with van der Waals surface area (Å²) in [4.78, 5) is 11.9. The number of hydrogen-bond acceptors (Lipinski definition) is 2. The number of carbonyl (C=O) groups excluding carboxylic acids is 1. The fourth-order valence-electron chi connectivity index (χ4n) is 2.20. The van der Waals surface area contributed by atoms with Gasteiger partial charge in [0, 0.05) is 12.5 Å². The Labute approximate surface area is 115 Å². The third kappa shape index (κ3) is 4.35. The maximum atomic E-state index is 11.9. The van der Waals surface area contributed by atoms with Crippen LogP contribution < -0.4 is 5.32 Å². The smallest absolute Gasteiger partial charge is 0.223 e. The van der Waals surface area contributed by atoms with E-state index in [-0.39, 0.29) is 17.9 Å². The largest absolute Gasteiger partial charge is 0.391 e. The highest BCUT2D eigenvalue weighted by atomic mass is 16.3. The topological polar surface area (TPSA) is 49.3 Å². The summed E-state index contributed by atoms with van der Waals surface area (Å²) in [6, 6.07) is 8.27. The van der Waals surface area contributed by atoms with Gasteiger partial charge in [0.2, 0.25) is 5.91 Å². The van der Waals surface area contributed by atoms with Gasteiger partial charge in [-0.1, -0.05) is 36.8 Å². The lowest BCUT2D eigenvalue weighted by Crippen LogP contribution is -2.36. The average molecular weight is 261 g/mol. The minimum Gasteiger partial charge on any atom is -0.391 e. The second-order valence-corrected chi connectivity index (χ2v) is 5.74. The van der Waals surface area contributed by atoms with Crippen molar-refractivity contribution in [2.75, 3.05) is 6.54 Å². The molecule has 104 valence electrons. The summed E-state index contributed by atoms with van der Waals surface area (Å²) in [5.74, 6) is 0.377. The van der Waals surface area contributed by atoms with Gasteiger partial charge in [0.15, 0.2) is 0 Å². The zero-order chi connectivity index (χ0) is 13.8. The third-order valence-corrected chi connectivity index (χ3v) is 3.76. The molecule has 2 N–H and O–H groups in total. The van der Waals surface area contributed by atoms with Crippen LogP contribution in [0.15, 0.2) is 24.3 Å². The molecule has 2 atom stereocenters. The summed E-state index contributed by atoms with van der Waals surface area (Å²) in [6.07, 6.45) is 2.56. The van der Waals surface area contributed by atoms with E-state index in [9.17, 15) is 9.90 Å². The van der Waals surface area contributed by atoms with Gasteiger partial charge in [-0.2, -0.15) is 0 Å². The number of aryl methyl sites for hydroxylation is 1. The van der Waals surface area contributed by atoms with E-state index in [1.54, 1.807) is 0 Å². The molecule has 1 aromatic carbocycles. The molecule has 3 nitrogen and oxygen atoms in total. The highest BCUT2D eigenvalue weighted by molar-refractivity contribution is 5.78. The molecular formula is C16H23NO2. The van der Waals surface area contributed by atoms with E-state index in [2.05, 4.69) is 36.5 Å². The standard InChI is InChI=1S/C16H23NO2/c1-11-3-5-13(6-4-11)9-12(2)16(19)17-10-15(18)14-7-8-14/h3-6,12,14-15,18H,7-10H2,1-2H3,(H,17,19). The van der Waals surface area contributed by atoms with Crippen LogP contribution in [0.25, 0.3) is 0 Å². The minimum absolute atomic E-state index is 0.0280. The zero-order valence-electron chi connectivity index (χ0n) is 11.7. The Morgan fingerprint density at radius 3 is 2.58 bits per heavy atom.